The quantitative estimate of drug-likeness (QED) is 0.108. The standard InChI is InChI=1S/C57H51F2N13O5/c1-32-51(33(2)77-67-32)57(76)64-36-10-13-49(44(59)28-36)70-20-24-72(25-21-70)53-38-11-8-34(26-40(38)55(74)65-45-14-16-60-30-41(45)53)46-29-47-42(31-61-46)52(37-6-4-5-7-39(37)54(73)66-47)71-22-18-69(19-23-71)48-12-9-35(27-43(48)58)63-56(75)50-15-17-62-68(50)3/h4-17,26-31,52-53H,18-25H2,1-3H3,(H,63,75)(H,64,76)(H,65,74)(H,66,73). The average molecular weight is 1040 g/mol. The van der Waals surface area contributed by atoms with Crippen LogP contribution >= 0.6 is 0 Å². The first-order valence-corrected chi connectivity index (χ1v) is 25.3. The van der Waals surface area contributed by atoms with Gasteiger partial charge in [-0.15, -0.1) is 0 Å². The van der Waals surface area contributed by atoms with Crippen LogP contribution in [0.2, 0.25) is 0 Å². The van der Waals surface area contributed by atoms with Crippen molar-refractivity contribution in [2.24, 2.45) is 7.05 Å². The van der Waals surface area contributed by atoms with Crippen LogP contribution in [0, 0.1) is 25.5 Å². The maximum Gasteiger partial charge on any atom is 0.273 e. The number of carbonyl (C=O) groups is 4. The number of aryl methyl sites for hydroxylation is 3. The van der Waals surface area contributed by atoms with E-state index in [0.29, 0.717) is 132 Å². The van der Waals surface area contributed by atoms with Crippen LogP contribution in [0.1, 0.15) is 87.4 Å². The van der Waals surface area contributed by atoms with Crippen LogP contribution in [-0.2, 0) is 7.05 Å². The fourth-order valence-electron chi connectivity index (χ4n) is 11.2. The van der Waals surface area contributed by atoms with E-state index in [4.69, 9.17) is 9.51 Å². The van der Waals surface area contributed by atoms with Crippen molar-refractivity contribution in [1.29, 1.82) is 0 Å². The van der Waals surface area contributed by atoms with Crippen LogP contribution < -0.4 is 31.1 Å². The van der Waals surface area contributed by atoms with Gasteiger partial charge in [-0.1, -0.05) is 35.5 Å². The molecule has 0 spiro atoms. The maximum atomic E-state index is 15.8. The topological polar surface area (TPSA) is 199 Å². The highest BCUT2D eigenvalue weighted by molar-refractivity contribution is 6.09. The van der Waals surface area contributed by atoms with Crippen molar-refractivity contribution in [3.05, 3.63) is 190 Å². The second kappa shape index (κ2) is 19.9. The van der Waals surface area contributed by atoms with E-state index in [-0.39, 0.29) is 23.9 Å². The Morgan fingerprint density at radius 3 is 1.87 bits per heavy atom. The third-order valence-corrected chi connectivity index (χ3v) is 15.0. The molecule has 8 aromatic rings. The molecule has 12 rings (SSSR count). The lowest BCUT2D eigenvalue weighted by Crippen LogP contribution is -2.48. The van der Waals surface area contributed by atoms with Gasteiger partial charge in [0.25, 0.3) is 23.6 Å². The zero-order valence-electron chi connectivity index (χ0n) is 42.2. The number of piperazine rings is 2. The van der Waals surface area contributed by atoms with Gasteiger partial charge in [0.15, 0.2) is 0 Å². The normalized spacial score (nSPS) is 17.5. The first-order valence-electron chi connectivity index (χ1n) is 25.3. The molecule has 0 saturated carbocycles. The number of aromatic nitrogens is 5. The molecule has 2 saturated heterocycles. The van der Waals surface area contributed by atoms with Gasteiger partial charge in [-0.05, 0) is 91.7 Å². The van der Waals surface area contributed by atoms with Crippen molar-refractivity contribution in [3.63, 3.8) is 0 Å². The van der Waals surface area contributed by atoms with Crippen molar-refractivity contribution in [3.8, 4) is 11.3 Å². The summed E-state index contributed by atoms with van der Waals surface area (Å²) in [5.41, 5.74) is 9.24. The average Bonchev–Trinajstić information content (AvgIpc) is 3.99. The van der Waals surface area contributed by atoms with Gasteiger partial charge in [0, 0.05) is 135 Å². The van der Waals surface area contributed by atoms with Crippen molar-refractivity contribution in [2.45, 2.75) is 25.9 Å². The third kappa shape index (κ3) is 9.09. The smallest absolute Gasteiger partial charge is 0.273 e. The molecular weight excluding hydrogens is 985 g/mol. The second-order valence-corrected chi connectivity index (χ2v) is 19.5. The minimum atomic E-state index is -0.472. The number of anilines is 6. The van der Waals surface area contributed by atoms with Gasteiger partial charge in [0.1, 0.15) is 28.7 Å². The molecule has 20 heteroatoms. The highest BCUT2D eigenvalue weighted by Gasteiger charge is 2.37. The van der Waals surface area contributed by atoms with E-state index in [1.54, 1.807) is 75.9 Å². The molecule has 2 fully saturated rings. The SMILES string of the molecule is Cc1noc(C)c1C(=O)Nc1ccc(N2CCN(C3c4cnccc4NC(=O)c4cc(-c5cc6c(cn5)C(N5CCN(c7ccc(NC(=O)c8ccnn8C)cc7F)CC5)c5ccccc5C(=O)N6)ccc43)CC2)c(F)c1. The number of pyridine rings is 2. The van der Waals surface area contributed by atoms with E-state index in [2.05, 4.69) is 46.3 Å². The Morgan fingerprint density at radius 1 is 0.636 bits per heavy atom. The van der Waals surface area contributed by atoms with Gasteiger partial charge in [0.2, 0.25) is 0 Å². The van der Waals surface area contributed by atoms with Crippen LogP contribution in [0.25, 0.3) is 11.3 Å². The summed E-state index contributed by atoms with van der Waals surface area (Å²) in [7, 11) is 1.66. The highest BCUT2D eigenvalue weighted by Crippen LogP contribution is 2.43. The molecule has 0 radical (unpaired) electrons. The van der Waals surface area contributed by atoms with Gasteiger partial charge in [-0.2, -0.15) is 5.10 Å². The Kier molecular flexibility index (Phi) is 12.6. The molecule has 4 aromatic carbocycles. The Labute approximate surface area is 440 Å². The number of benzene rings is 4. The molecule has 0 aliphatic carbocycles. The molecule has 8 heterocycles. The van der Waals surface area contributed by atoms with E-state index in [1.165, 1.54) is 23.0 Å². The summed E-state index contributed by atoms with van der Waals surface area (Å²) in [6.45, 7) is 7.41. The van der Waals surface area contributed by atoms with Gasteiger partial charge in [0.05, 0.1) is 34.8 Å². The maximum absolute atomic E-state index is 15.8. The van der Waals surface area contributed by atoms with Gasteiger partial charge in [-0.3, -0.25) is 43.6 Å². The lowest BCUT2D eigenvalue weighted by molar-refractivity contribution is 0.101. The second-order valence-electron chi connectivity index (χ2n) is 19.5. The third-order valence-electron chi connectivity index (χ3n) is 15.0. The zero-order chi connectivity index (χ0) is 53.1. The van der Waals surface area contributed by atoms with Crippen LogP contribution in [0.4, 0.5) is 42.9 Å². The predicted octanol–water partition coefficient (Wildman–Crippen LogP) is 8.22. The number of nitrogens with one attached hydrogen (secondary N) is 4. The summed E-state index contributed by atoms with van der Waals surface area (Å²) in [5.74, 6) is -1.92. The highest BCUT2D eigenvalue weighted by atomic mass is 19.1. The minimum absolute atomic E-state index is 0.258. The van der Waals surface area contributed by atoms with Gasteiger partial charge >= 0.3 is 0 Å². The summed E-state index contributed by atoms with van der Waals surface area (Å²) >= 11 is 0. The molecule has 18 nitrogen and oxygen atoms in total. The summed E-state index contributed by atoms with van der Waals surface area (Å²) in [5, 5.41) is 19.7. The Morgan fingerprint density at radius 2 is 1.25 bits per heavy atom. The van der Waals surface area contributed by atoms with Crippen LogP contribution in [-0.4, -0.2) is 111 Å². The molecule has 77 heavy (non-hydrogen) atoms. The predicted molar refractivity (Wildman–Crippen MR) is 285 cm³/mol. The van der Waals surface area contributed by atoms with Gasteiger partial charge < -0.3 is 35.6 Å². The minimum Gasteiger partial charge on any atom is -0.367 e. The number of amides is 4. The summed E-state index contributed by atoms with van der Waals surface area (Å²) in [6.07, 6.45) is 6.74. The first-order chi connectivity index (χ1) is 37.4. The lowest BCUT2D eigenvalue weighted by atomic mass is 9.91. The molecule has 2 unspecified atom stereocenters. The summed E-state index contributed by atoms with van der Waals surface area (Å²) in [4.78, 5) is 72.1. The van der Waals surface area contributed by atoms with E-state index >= 15 is 8.78 Å². The van der Waals surface area contributed by atoms with Crippen LogP contribution in [0.3, 0.4) is 0 Å². The number of nitrogens with zero attached hydrogens (tertiary/aromatic N) is 9. The molecule has 4 aliphatic rings. The summed E-state index contributed by atoms with van der Waals surface area (Å²) in [6, 6.07) is 27.1. The number of hydrogen-bond acceptors (Lipinski definition) is 13. The monoisotopic (exact) mass is 1040 g/mol. The Bertz CT molecular complexity index is 3660. The molecular formula is C57H51F2N13O5. The number of fused-ring (bicyclic) bond motifs is 4. The summed E-state index contributed by atoms with van der Waals surface area (Å²) < 4.78 is 38.2. The number of hydrogen-bond donors (Lipinski definition) is 4. The van der Waals surface area contributed by atoms with E-state index in [9.17, 15) is 19.2 Å². The number of rotatable bonds is 9. The van der Waals surface area contributed by atoms with Crippen LogP contribution in [0.15, 0.2) is 126 Å². The van der Waals surface area contributed by atoms with Gasteiger partial charge in [-0.25, -0.2) is 8.78 Å². The largest absolute Gasteiger partial charge is 0.367 e. The number of halogens is 2. The Hall–Kier alpha value is -9.14. The zero-order valence-corrected chi connectivity index (χ0v) is 42.2. The first kappa shape index (κ1) is 48.8. The fourth-order valence-corrected chi connectivity index (χ4v) is 11.2. The molecule has 4 aromatic heterocycles. The van der Waals surface area contributed by atoms with E-state index in [1.807, 2.05) is 58.3 Å². The van der Waals surface area contributed by atoms with E-state index < -0.39 is 23.4 Å². The number of carbonyl (C=O) groups excluding carboxylic acids is 4. The van der Waals surface area contributed by atoms with Crippen molar-refractivity contribution in [1.82, 2.24) is 34.7 Å². The Balaban J connectivity index is 0.782. The molecule has 388 valence electrons. The molecule has 4 aliphatic heterocycles. The molecule has 4 N–H and O–H groups in total. The fraction of sp³-hybridized carbons (Fsp3) is 0.228. The molecule has 4 amide bonds. The van der Waals surface area contributed by atoms with Crippen molar-refractivity contribution >= 4 is 57.8 Å². The van der Waals surface area contributed by atoms with Crippen LogP contribution in [0.5, 0.6) is 0 Å². The van der Waals surface area contributed by atoms with Crippen molar-refractivity contribution in [2.75, 3.05) is 83.4 Å². The molecule has 0 bridgehead atoms. The van der Waals surface area contributed by atoms with E-state index in [0.717, 1.165) is 22.3 Å². The van der Waals surface area contributed by atoms with Crippen molar-refractivity contribution < 1.29 is 32.5 Å². The lowest BCUT2D eigenvalue weighted by Gasteiger charge is -2.41. The molecule has 2 atom stereocenters.